The molecular formula is C15H10ClFN2O. The molecule has 20 heavy (non-hydrogen) atoms. The first kappa shape index (κ1) is 12.8. The molecule has 3 nitrogen and oxygen atoms in total. The summed E-state index contributed by atoms with van der Waals surface area (Å²) >= 11 is 6.04. The minimum Gasteiger partial charge on any atom is -0.268 e. The number of rotatable bonds is 1. The van der Waals surface area contributed by atoms with Crippen LogP contribution in [0.3, 0.4) is 0 Å². The predicted molar refractivity (Wildman–Crippen MR) is 77.0 cm³/mol. The molecule has 100 valence electrons. The summed E-state index contributed by atoms with van der Waals surface area (Å²) in [6.07, 6.45) is 0. The van der Waals surface area contributed by atoms with Gasteiger partial charge in [0.25, 0.3) is 5.56 Å². The maximum absolute atomic E-state index is 13.9. The first-order valence-corrected chi connectivity index (χ1v) is 6.39. The van der Waals surface area contributed by atoms with Crippen molar-refractivity contribution in [2.75, 3.05) is 0 Å². The van der Waals surface area contributed by atoms with Gasteiger partial charge in [0, 0.05) is 0 Å². The van der Waals surface area contributed by atoms with Crippen LogP contribution in [0, 0.1) is 12.7 Å². The van der Waals surface area contributed by atoms with Crippen LogP contribution in [-0.4, -0.2) is 9.55 Å². The van der Waals surface area contributed by atoms with Crippen LogP contribution in [0.5, 0.6) is 0 Å². The second kappa shape index (κ2) is 4.72. The molecule has 0 saturated heterocycles. The minimum atomic E-state index is -0.523. The average Bonchev–Trinajstić information content (AvgIpc) is 2.42. The van der Waals surface area contributed by atoms with Crippen LogP contribution >= 0.6 is 11.6 Å². The lowest BCUT2D eigenvalue weighted by atomic mass is 10.1. The maximum atomic E-state index is 13.9. The largest absolute Gasteiger partial charge is 0.268 e. The molecule has 0 aliphatic heterocycles. The fourth-order valence-electron chi connectivity index (χ4n) is 2.11. The van der Waals surface area contributed by atoms with Gasteiger partial charge in [0.1, 0.15) is 5.82 Å². The van der Waals surface area contributed by atoms with Gasteiger partial charge in [0.15, 0.2) is 0 Å². The van der Waals surface area contributed by atoms with E-state index in [0.29, 0.717) is 10.9 Å². The summed E-state index contributed by atoms with van der Waals surface area (Å²) in [6.45, 7) is 1.88. The second-order valence-electron chi connectivity index (χ2n) is 4.49. The van der Waals surface area contributed by atoms with Crippen molar-refractivity contribution >= 4 is 22.5 Å². The van der Waals surface area contributed by atoms with Crippen molar-refractivity contribution in [2.45, 2.75) is 6.92 Å². The normalized spacial score (nSPS) is 10.9. The van der Waals surface area contributed by atoms with E-state index in [1.54, 1.807) is 24.3 Å². The average molecular weight is 289 g/mol. The molecule has 3 rings (SSSR count). The minimum absolute atomic E-state index is 0.0588. The summed E-state index contributed by atoms with van der Waals surface area (Å²) in [6, 6.07) is 11.3. The number of aromatic nitrogens is 2. The number of nitrogens with zero attached hydrogens (tertiary/aromatic N) is 2. The van der Waals surface area contributed by atoms with Gasteiger partial charge in [-0.3, -0.25) is 4.79 Å². The Kier molecular flexibility index (Phi) is 3.03. The van der Waals surface area contributed by atoms with Gasteiger partial charge in [0.2, 0.25) is 5.28 Å². The topological polar surface area (TPSA) is 34.9 Å². The zero-order valence-corrected chi connectivity index (χ0v) is 11.4. The van der Waals surface area contributed by atoms with Gasteiger partial charge < -0.3 is 0 Å². The molecule has 0 saturated carbocycles. The van der Waals surface area contributed by atoms with E-state index in [1.807, 2.05) is 13.0 Å². The Morgan fingerprint density at radius 3 is 2.70 bits per heavy atom. The van der Waals surface area contributed by atoms with Gasteiger partial charge in [-0.2, -0.15) is 0 Å². The van der Waals surface area contributed by atoms with E-state index < -0.39 is 5.82 Å². The van der Waals surface area contributed by atoms with E-state index >= 15 is 0 Å². The number of benzene rings is 2. The lowest BCUT2D eigenvalue weighted by Crippen LogP contribution is -2.21. The highest BCUT2D eigenvalue weighted by atomic mass is 35.5. The molecule has 0 radical (unpaired) electrons. The molecule has 0 N–H and O–H groups in total. The Hall–Kier alpha value is -2.20. The van der Waals surface area contributed by atoms with E-state index in [0.717, 1.165) is 10.1 Å². The Labute approximate surface area is 119 Å². The van der Waals surface area contributed by atoms with E-state index in [-0.39, 0.29) is 16.5 Å². The molecule has 0 spiro atoms. The molecule has 0 aliphatic carbocycles. The van der Waals surface area contributed by atoms with E-state index in [4.69, 9.17) is 11.6 Å². The summed E-state index contributed by atoms with van der Waals surface area (Å²) < 4.78 is 15.0. The summed E-state index contributed by atoms with van der Waals surface area (Å²) in [5, 5.41) is 0.356. The number of halogens is 2. The standard InChI is InChI=1S/C15H10ClFN2O/c1-9-6-7-12-10(8-9)14(20)19(15(16)18-12)13-5-3-2-4-11(13)17/h2-8H,1H3. The van der Waals surface area contributed by atoms with Crippen LogP contribution < -0.4 is 5.56 Å². The maximum Gasteiger partial charge on any atom is 0.267 e. The molecule has 3 aromatic rings. The predicted octanol–water partition coefficient (Wildman–Crippen LogP) is 3.49. The summed E-state index contributed by atoms with van der Waals surface area (Å²) in [4.78, 5) is 16.7. The third kappa shape index (κ3) is 1.98. The number of aryl methyl sites for hydroxylation is 1. The van der Waals surface area contributed by atoms with Gasteiger partial charge in [-0.1, -0.05) is 23.8 Å². The van der Waals surface area contributed by atoms with Crippen molar-refractivity contribution in [1.82, 2.24) is 9.55 Å². The molecule has 1 heterocycles. The molecule has 0 bridgehead atoms. The van der Waals surface area contributed by atoms with Gasteiger partial charge in [-0.15, -0.1) is 0 Å². The van der Waals surface area contributed by atoms with Crippen molar-refractivity contribution in [2.24, 2.45) is 0 Å². The Morgan fingerprint density at radius 1 is 1.20 bits per heavy atom. The van der Waals surface area contributed by atoms with Crippen molar-refractivity contribution in [3.05, 3.63) is 69.5 Å². The van der Waals surface area contributed by atoms with Crippen LogP contribution in [0.4, 0.5) is 4.39 Å². The monoisotopic (exact) mass is 288 g/mol. The fourth-order valence-corrected chi connectivity index (χ4v) is 2.37. The number of hydrogen-bond acceptors (Lipinski definition) is 2. The molecule has 0 amide bonds. The third-order valence-electron chi connectivity index (χ3n) is 3.08. The second-order valence-corrected chi connectivity index (χ2v) is 4.83. The van der Waals surface area contributed by atoms with Crippen LogP contribution in [0.15, 0.2) is 47.3 Å². The van der Waals surface area contributed by atoms with Crippen LogP contribution in [0.1, 0.15) is 5.56 Å². The summed E-state index contributed by atoms with van der Waals surface area (Å²) in [7, 11) is 0. The Bertz CT molecular complexity index is 873. The molecule has 0 atom stereocenters. The van der Waals surface area contributed by atoms with E-state index in [2.05, 4.69) is 4.98 Å². The molecule has 1 aromatic heterocycles. The molecule has 0 unspecified atom stereocenters. The number of fused-ring (bicyclic) bond motifs is 1. The van der Waals surface area contributed by atoms with Crippen molar-refractivity contribution in [1.29, 1.82) is 0 Å². The Balaban J connectivity index is 2.43. The van der Waals surface area contributed by atoms with E-state index in [9.17, 15) is 9.18 Å². The van der Waals surface area contributed by atoms with Gasteiger partial charge >= 0.3 is 0 Å². The number of hydrogen-bond donors (Lipinski definition) is 0. The smallest absolute Gasteiger partial charge is 0.267 e. The highest BCUT2D eigenvalue weighted by molar-refractivity contribution is 6.29. The van der Waals surface area contributed by atoms with Gasteiger partial charge in [-0.25, -0.2) is 13.9 Å². The van der Waals surface area contributed by atoms with Crippen LogP contribution in [-0.2, 0) is 0 Å². The molecule has 0 aliphatic rings. The third-order valence-corrected chi connectivity index (χ3v) is 3.33. The number of para-hydroxylation sites is 1. The van der Waals surface area contributed by atoms with Crippen molar-refractivity contribution < 1.29 is 4.39 Å². The lowest BCUT2D eigenvalue weighted by Gasteiger charge is -2.10. The first-order chi connectivity index (χ1) is 9.58. The van der Waals surface area contributed by atoms with Crippen LogP contribution in [0.2, 0.25) is 5.28 Å². The molecule has 0 fully saturated rings. The van der Waals surface area contributed by atoms with Gasteiger partial charge in [-0.05, 0) is 42.8 Å². The lowest BCUT2D eigenvalue weighted by molar-refractivity contribution is 0.616. The fraction of sp³-hybridized carbons (Fsp3) is 0.0667. The van der Waals surface area contributed by atoms with Crippen LogP contribution in [0.25, 0.3) is 16.6 Å². The summed E-state index contributed by atoms with van der Waals surface area (Å²) in [5.74, 6) is -0.523. The molecular weight excluding hydrogens is 279 g/mol. The van der Waals surface area contributed by atoms with Crippen molar-refractivity contribution in [3.8, 4) is 5.69 Å². The first-order valence-electron chi connectivity index (χ1n) is 6.02. The summed E-state index contributed by atoms with van der Waals surface area (Å²) in [5.41, 5.74) is 1.14. The molecule has 5 heteroatoms. The highest BCUT2D eigenvalue weighted by Gasteiger charge is 2.13. The highest BCUT2D eigenvalue weighted by Crippen LogP contribution is 2.19. The Morgan fingerprint density at radius 2 is 1.95 bits per heavy atom. The quantitative estimate of drug-likeness (QED) is 0.643. The zero-order valence-electron chi connectivity index (χ0n) is 10.6. The van der Waals surface area contributed by atoms with E-state index in [1.165, 1.54) is 12.1 Å². The zero-order chi connectivity index (χ0) is 14.3. The molecule has 2 aromatic carbocycles. The van der Waals surface area contributed by atoms with Gasteiger partial charge in [0.05, 0.1) is 16.6 Å². The SMILES string of the molecule is Cc1ccc2nc(Cl)n(-c3ccccc3F)c(=O)c2c1. The van der Waals surface area contributed by atoms with Crippen molar-refractivity contribution in [3.63, 3.8) is 0 Å².